The van der Waals surface area contributed by atoms with E-state index in [0.717, 1.165) is 22.3 Å². The van der Waals surface area contributed by atoms with Crippen molar-refractivity contribution in [3.63, 3.8) is 0 Å². The first-order valence-electron chi connectivity index (χ1n) is 7.92. The summed E-state index contributed by atoms with van der Waals surface area (Å²) in [5, 5.41) is 9.29. The van der Waals surface area contributed by atoms with Crippen LogP contribution >= 0.6 is 0 Å². The Morgan fingerprint density at radius 3 is 2.25 bits per heavy atom. The van der Waals surface area contributed by atoms with Crippen LogP contribution in [-0.4, -0.2) is 49.1 Å². The second kappa shape index (κ2) is 7.01. The number of benzene rings is 2. The van der Waals surface area contributed by atoms with E-state index < -0.39 is 18.9 Å². The monoisotopic (exact) mass is 329 g/mol. The molecule has 24 heavy (non-hydrogen) atoms. The van der Waals surface area contributed by atoms with Crippen molar-refractivity contribution < 1.29 is 19.0 Å². The van der Waals surface area contributed by atoms with Crippen LogP contribution in [0.1, 0.15) is 17.0 Å². The lowest BCUT2D eigenvalue weighted by atomic mass is 9.98. The van der Waals surface area contributed by atoms with Gasteiger partial charge in [0.2, 0.25) is 0 Å². The molecule has 0 radical (unpaired) electrons. The zero-order valence-electron chi connectivity index (χ0n) is 13.5. The molecule has 0 bridgehead atoms. The molecule has 1 N–H and O–H groups in total. The summed E-state index contributed by atoms with van der Waals surface area (Å²) < 4.78 is 17.7. The SMILES string of the molecule is CN(CC(O)CF)C(=O)OCC1c2ccccc2-c2ccccc21. The maximum absolute atomic E-state index is 12.3. The molecule has 1 amide bonds. The Hall–Kier alpha value is -2.40. The first-order valence-corrected chi connectivity index (χ1v) is 7.92. The lowest BCUT2D eigenvalue weighted by Crippen LogP contribution is -2.36. The summed E-state index contributed by atoms with van der Waals surface area (Å²) in [4.78, 5) is 13.2. The van der Waals surface area contributed by atoms with Gasteiger partial charge in [-0.3, -0.25) is 0 Å². The van der Waals surface area contributed by atoms with Crippen LogP contribution in [-0.2, 0) is 4.74 Å². The van der Waals surface area contributed by atoms with E-state index in [2.05, 4.69) is 12.1 Å². The van der Waals surface area contributed by atoms with Crippen LogP contribution in [0.2, 0.25) is 0 Å². The second-order valence-electron chi connectivity index (χ2n) is 5.99. The van der Waals surface area contributed by atoms with E-state index in [0.29, 0.717) is 0 Å². The first kappa shape index (κ1) is 16.5. The number of nitrogens with zero attached hydrogens (tertiary/aromatic N) is 1. The molecule has 0 saturated heterocycles. The molecule has 0 aliphatic heterocycles. The van der Waals surface area contributed by atoms with Gasteiger partial charge in [0.05, 0.1) is 12.6 Å². The number of ether oxygens (including phenoxy) is 1. The lowest BCUT2D eigenvalue weighted by molar-refractivity contribution is 0.0720. The number of carbonyl (C=O) groups excluding carboxylic acids is 1. The predicted octanol–water partition coefficient (Wildman–Crippen LogP) is 3.20. The van der Waals surface area contributed by atoms with E-state index in [4.69, 9.17) is 4.74 Å². The van der Waals surface area contributed by atoms with Gasteiger partial charge < -0.3 is 14.7 Å². The maximum Gasteiger partial charge on any atom is 0.409 e. The molecule has 126 valence electrons. The molecule has 2 aromatic carbocycles. The molecule has 0 spiro atoms. The fourth-order valence-corrected chi connectivity index (χ4v) is 3.14. The van der Waals surface area contributed by atoms with Crippen molar-refractivity contribution in [2.75, 3.05) is 26.9 Å². The Morgan fingerprint density at radius 1 is 1.17 bits per heavy atom. The van der Waals surface area contributed by atoms with Crippen LogP contribution in [0.15, 0.2) is 48.5 Å². The van der Waals surface area contributed by atoms with Crippen molar-refractivity contribution in [2.45, 2.75) is 12.0 Å². The van der Waals surface area contributed by atoms with E-state index >= 15 is 0 Å². The molecule has 0 saturated carbocycles. The van der Waals surface area contributed by atoms with Gasteiger partial charge in [-0.05, 0) is 22.3 Å². The number of halogens is 1. The Labute approximate surface area is 140 Å². The summed E-state index contributed by atoms with van der Waals surface area (Å²) in [6.45, 7) is -0.767. The number of aliphatic hydroxyl groups excluding tert-OH is 1. The van der Waals surface area contributed by atoms with E-state index in [1.165, 1.54) is 11.9 Å². The van der Waals surface area contributed by atoms with Gasteiger partial charge in [0.25, 0.3) is 0 Å². The molecule has 4 nitrogen and oxygen atoms in total. The van der Waals surface area contributed by atoms with E-state index in [1.54, 1.807) is 0 Å². The van der Waals surface area contributed by atoms with Gasteiger partial charge in [-0.25, -0.2) is 9.18 Å². The van der Waals surface area contributed by atoms with Crippen LogP contribution in [0, 0.1) is 0 Å². The van der Waals surface area contributed by atoms with E-state index in [-0.39, 0.29) is 19.1 Å². The van der Waals surface area contributed by atoms with Crippen molar-refractivity contribution in [1.29, 1.82) is 0 Å². The summed E-state index contributed by atoms with van der Waals surface area (Å²) in [6, 6.07) is 16.2. The highest BCUT2D eigenvalue weighted by Crippen LogP contribution is 2.44. The van der Waals surface area contributed by atoms with Crippen molar-refractivity contribution in [3.05, 3.63) is 59.7 Å². The highest BCUT2D eigenvalue weighted by atomic mass is 19.1. The minimum atomic E-state index is -1.18. The number of likely N-dealkylation sites (N-methyl/N-ethyl adjacent to an activating group) is 1. The number of rotatable bonds is 5. The minimum absolute atomic E-state index is 0.0131. The minimum Gasteiger partial charge on any atom is -0.448 e. The molecule has 1 atom stereocenters. The van der Waals surface area contributed by atoms with Gasteiger partial charge in [0, 0.05) is 13.0 Å². The normalized spacial score (nSPS) is 14.0. The standard InChI is InChI=1S/C19H20FNO3/c1-21(11-13(22)10-20)19(23)24-12-18-16-8-4-2-6-14(16)15-7-3-5-9-17(15)18/h2-9,13,18,22H,10-12H2,1H3. The smallest absolute Gasteiger partial charge is 0.409 e. The zero-order valence-corrected chi connectivity index (χ0v) is 13.5. The molecule has 1 aliphatic carbocycles. The number of alkyl halides is 1. The van der Waals surface area contributed by atoms with E-state index in [1.807, 2.05) is 36.4 Å². The average Bonchev–Trinajstić information content (AvgIpc) is 2.93. The molecule has 3 rings (SSSR count). The Kier molecular flexibility index (Phi) is 4.81. The van der Waals surface area contributed by atoms with Crippen molar-refractivity contribution in [1.82, 2.24) is 4.90 Å². The molecular weight excluding hydrogens is 309 g/mol. The highest BCUT2D eigenvalue weighted by molar-refractivity contribution is 5.79. The molecule has 0 aromatic heterocycles. The Bertz CT molecular complexity index is 689. The highest BCUT2D eigenvalue weighted by Gasteiger charge is 2.29. The van der Waals surface area contributed by atoms with Crippen molar-refractivity contribution >= 4 is 6.09 Å². The van der Waals surface area contributed by atoms with Crippen LogP contribution in [0.4, 0.5) is 9.18 Å². The van der Waals surface area contributed by atoms with E-state index in [9.17, 15) is 14.3 Å². The fourth-order valence-electron chi connectivity index (χ4n) is 3.14. The summed E-state index contributed by atoms with van der Waals surface area (Å²) in [5.41, 5.74) is 4.60. The maximum atomic E-state index is 12.3. The summed E-state index contributed by atoms with van der Waals surface area (Å²) in [7, 11) is 1.48. The Balaban J connectivity index is 1.73. The molecule has 1 aliphatic rings. The first-order chi connectivity index (χ1) is 11.6. The number of aliphatic hydroxyl groups is 1. The average molecular weight is 329 g/mol. The molecule has 0 fully saturated rings. The molecular formula is C19H20FNO3. The summed E-state index contributed by atoms with van der Waals surface area (Å²) >= 11 is 0. The van der Waals surface area contributed by atoms with Gasteiger partial charge in [0.15, 0.2) is 0 Å². The second-order valence-corrected chi connectivity index (χ2v) is 5.99. The summed E-state index contributed by atoms with van der Waals surface area (Å²) in [5.74, 6) is -0.0131. The third-order valence-electron chi connectivity index (χ3n) is 4.31. The van der Waals surface area contributed by atoms with Gasteiger partial charge in [-0.2, -0.15) is 0 Å². The van der Waals surface area contributed by atoms with Crippen LogP contribution in [0.5, 0.6) is 0 Å². The van der Waals surface area contributed by atoms with Crippen LogP contribution in [0.25, 0.3) is 11.1 Å². The fraction of sp³-hybridized carbons (Fsp3) is 0.316. The van der Waals surface area contributed by atoms with Crippen LogP contribution in [0.3, 0.4) is 0 Å². The number of hydrogen-bond acceptors (Lipinski definition) is 3. The molecule has 1 unspecified atom stereocenters. The third-order valence-corrected chi connectivity index (χ3v) is 4.31. The van der Waals surface area contributed by atoms with Gasteiger partial charge >= 0.3 is 6.09 Å². The quantitative estimate of drug-likeness (QED) is 0.916. The molecule has 0 heterocycles. The van der Waals surface area contributed by atoms with Gasteiger partial charge in [-0.1, -0.05) is 48.5 Å². The van der Waals surface area contributed by atoms with Gasteiger partial charge in [-0.15, -0.1) is 0 Å². The number of carbonyl (C=O) groups is 1. The largest absolute Gasteiger partial charge is 0.448 e. The zero-order chi connectivity index (χ0) is 17.1. The predicted molar refractivity (Wildman–Crippen MR) is 89.7 cm³/mol. The lowest BCUT2D eigenvalue weighted by Gasteiger charge is -2.21. The Morgan fingerprint density at radius 2 is 1.71 bits per heavy atom. The summed E-state index contributed by atoms with van der Waals surface area (Å²) in [6.07, 6.45) is -1.75. The number of fused-ring (bicyclic) bond motifs is 3. The van der Waals surface area contributed by atoms with Crippen molar-refractivity contribution in [2.24, 2.45) is 0 Å². The molecule has 5 heteroatoms. The third kappa shape index (κ3) is 3.12. The van der Waals surface area contributed by atoms with Gasteiger partial charge in [0.1, 0.15) is 13.3 Å². The topological polar surface area (TPSA) is 49.8 Å². The molecule has 2 aromatic rings. The number of amides is 1. The van der Waals surface area contributed by atoms with Crippen molar-refractivity contribution in [3.8, 4) is 11.1 Å². The van der Waals surface area contributed by atoms with Crippen LogP contribution < -0.4 is 0 Å². The number of hydrogen-bond donors (Lipinski definition) is 1.